The standard InChI is InChI=1S/C34H48O4Si2/c1-33(2,3)39(8,9)37-27-18-12-24(13-19-27)30-23-36-31-22-28(38-40(10,11)34(4,5)6)20-21-29(31)32(30)25-14-16-26(35-7)17-15-25/h12-22,30,32H,23H2,1-11H3. The van der Waals surface area contributed by atoms with Crippen LogP contribution in [0.4, 0.5) is 0 Å². The van der Waals surface area contributed by atoms with Gasteiger partial charge in [0.15, 0.2) is 0 Å². The van der Waals surface area contributed by atoms with E-state index in [2.05, 4.69) is 122 Å². The molecule has 0 bridgehead atoms. The Kier molecular flexibility index (Phi) is 8.27. The highest BCUT2D eigenvalue weighted by atomic mass is 28.4. The molecule has 3 aromatic rings. The van der Waals surface area contributed by atoms with E-state index in [0.29, 0.717) is 6.61 Å². The second-order valence-corrected chi connectivity index (χ2v) is 23.6. The summed E-state index contributed by atoms with van der Waals surface area (Å²) in [6.07, 6.45) is 0. The van der Waals surface area contributed by atoms with Crippen LogP contribution >= 0.6 is 0 Å². The van der Waals surface area contributed by atoms with Crippen LogP contribution < -0.4 is 18.3 Å². The molecule has 1 heterocycles. The molecule has 0 saturated heterocycles. The first-order valence-corrected chi connectivity index (χ1v) is 20.2. The normalized spacial score (nSPS) is 18.0. The largest absolute Gasteiger partial charge is 0.544 e. The Bertz CT molecular complexity index is 1300. The van der Waals surface area contributed by atoms with E-state index in [9.17, 15) is 0 Å². The quantitative estimate of drug-likeness (QED) is 0.262. The van der Waals surface area contributed by atoms with Crippen LogP contribution in [0.2, 0.25) is 36.3 Å². The molecule has 3 aromatic carbocycles. The van der Waals surface area contributed by atoms with Crippen molar-refractivity contribution in [1.82, 2.24) is 0 Å². The van der Waals surface area contributed by atoms with Crippen LogP contribution in [0.3, 0.4) is 0 Å². The highest BCUT2D eigenvalue weighted by molar-refractivity contribution is 6.75. The van der Waals surface area contributed by atoms with Crippen LogP contribution in [-0.4, -0.2) is 30.4 Å². The Morgan fingerprint density at radius 2 is 1.12 bits per heavy atom. The summed E-state index contributed by atoms with van der Waals surface area (Å²) in [5.41, 5.74) is 3.68. The summed E-state index contributed by atoms with van der Waals surface area (Å²) in [4.78, 5) is 0. The van der Waals surface area contributed by atoms with Gasteiger partial charge in [-0.3, -0.25) is 0 Å². The van der Waals surface area contributed by atoms with E-state index in [0.717, 1.165) is 23.0 Å². The van der Waals surface area contributed by atoms with E-state index in [4.69, 9.17) is 18.3 Å². The molecule has 6 heteroatoms. The van der Waals surface area contributed by atoms with Crippen LogP contribution in [0.25, 0.3) is 0 Å². The summed E-state index contributed by atoms with van der Waals surface area (Å²) in [6.45, 7) is 23.3. The first-order valence-electron chi connectivity index (χ1n) is 14.4. The Balaban J connectivity index is 1.69. The molecular weight excluding hydrogens is 529 g/mol. The molecule has 0 saturated carbocycles. The lowest BCUT2D eigenvalue weighted by molar-refractivity contribution is 0.248. The third kappa shape index (κ3) is 6.28. The predicted molar refractivity (Wildman–Crippen MR) is 172 cm³/mol. The van der Waals surface area contributed by atoms with Crippen molar-refractivity contribution in [3.63, 3.8) is 0 Å². The summed E-state index contributed by atoms with van der Waals surface area (Å²) in [6, 6.07) is 23.6. The maximum absolute atomic E-state index is 6.62. The summed E-state index contributed by atoms with van der Waals surface area (Å²) in [5, 5.41) is 0.278. The number of hydrogen-bond donors (Lipinski definition) is 0. The first kappa shape index (κ1) is 30.3. The molecule has 40 heavy (non-hydrogen) atoms. The fourth-order valence-electron chi connectivity index (χ4n) is 4.64. The minimum Gasteiger partial charge on any atom is -0.544 e. The van der Waals surface area contributed by atoms with Gasteiger partial charge in [0.2, 0.25) is 16.6 Å². The van der Waals surface area contributed by atoms with Gasteiger partial charge in [-0.2, -0.15) is 0 Å². The van der Waals surface area contributed by atoms with E-state index in [1.54, 1.807) is 7.11 Å². The van der Waals surface area contributed by atoms with Gasteiger partial charge in [-0.1, -0.05) is 71.9 Å². The van der Waals surface area contributed by atoms with Gasteiger partial charge in [-0.25, -0.2) is 0 Å². The number of fused-ring (bicyclic) bond motifs is 1. The van der Waals surface area contributed by atoms with Crippen molar-refractivity contribution in [2.75, 3.05) is 13.7 Å². The Labute approximate surface area is 244 Å². The Hall–Kier alpha value is -2.71. The zero-order chi connectivity index (χ0) is 29.5. The lowest BCUT2D eigenvalue weighted by atomic mass is 9.76. The average molecular weight is 577 g/mol. The van der Waals surface area contributed by atoms with Crippen molar-refractivity contribution in [3.8, 4) is 23.0 Å². The fourth-order valence-corrected chi connectivity index (χ4v) is 6.70. The highest BCUT2D eigenvalue weighted by Crippen LogP contribution is 2.48. The van der Waals surface area contributed by atoms with Gasteiger partial charge in [-0.15, -0.1) is 0 Å². The van der Waals surface area contributed by atoms with Crippen molar-refractivity contribution in [2.45, 2.75) is 89.6 Å². The van der Waals surface area contributed by atoms with Gasteiger partial charge in [0.25, 0.3) is 0 Å². The topological polar surface area (TPSA) is 36.9 Å². The molecule has 0 fully saturated rings. The van der Waals surface area contributed by atoms with Gasteiger partial charge in [0.05, 0.1) is 13.7 Å². The molecular formula is C34H48O4Si2. The molecule has 0 aliphatic carbocycles. The minimum atomic E-state index is -1.96. The van der Waals surface area contributed by atoms with E-state index in [1.165, 1.54) is 16.7 Å². The van der Waals surface area contributed by atoms with Crippen LogP contribution in [0, 0.1) is 0 Å². The lowest BCUT2D eigenvalue weighted by Crippen LogP contribution is -2.43. The Morgan fingerprint density at radius 3 is 1.65 bits per heavy atom. The smallest absolute Gasteiger partial charge is 0.250 e. The number of ether oxygens (including phenoxy) is 2. The molecule has 4 nitrogen and oxygen atoms in total. The van der Waals surface area contributed by atoms with Crippen molar-refractivity contribution < 1.29 is 18.3 Å². The van der Waals surface area contributed by atoms with E-state index >= 15 is 0 Å². The SMILES string of the molecule is COc1ccc(C2c3ccc(O[Si](C)(C)C(C)(C)C)cc3OCC2c2ccc(O[Si](C)(C)C(C)(C)C)cc2)cc1. The van der Waals surface area contributed by atoms with Gasteiger partial charge in [0.1, 0.15) is 23.0 Å². The average Bonchev–Trinajstić information content (AvgIpc) is 2.87. The zero-order valence-electron chi connectivity index (χ0n) is 26.3. The van der Waals surface area contributed by atoms with E-state index < -0.39 is 16.6 Å². The summed E-state index contributed by atoms with van der Waals surface area (Å²) < 4.78 is 25.1. The second kappa shape index (κ2) is 10.9. The third-order valence-corrected chi connectivity index (χ3v) is 18.0. The Morgan fingerprint density at radius 1 is 0.650 bits per heavy atom. The minimum absolute atomic E-state index is 0.126. The summed E-state index contributed by atoms with van der Waals surface area (Å²) in [5.74, 6) is 3.91. The van der Waals surface area contributed by atoms with Crippen molar-refractivity contribution in [3.05, 3.63) is 83.4 Å². The zero-order valence-corrected chi connectivity index (χ0v) is 28.3. The van der Waals surface area contributed by atoms with Gasteiger partial charge >= 0.3 is 0 Å². The fraction of sp³-hybridized carbons (Fsp3) is 0.471. The number of benzene rings is 3. The molecule has 1 aliphatic heterocycles. The molecule has 0 aromatic heterocycles. The molecule has 0 amide bonds. The predicted octanol–water partition coefficient (Wildman–Crippen LogP) is 9.77. The maximum Gasteiger partial charge on any atom is 0.250 e. The molecule has 1 aliphatic rings. The molecule has 0 spiro atoms. The van der Waals surface area contributed by atoms with Gasteiger partial charge in [0, 0.05) is 23.5 Å². The molecule has 2 atom stereocenters. The highest BCUT2D eigenvalue weighted by Gasteiger charge is 2.41. The van der Waals surface area contributed by atoms with Crippen molar-refractivity contribution in [2.24, 2.45) is 0 Å². The summed E-state index contributed by atoms with van der Waals surface area (Å²) in [7, 11) is -2.16. The second-order valence-electron chi connectivity index (χ2n) is 14.2. The van der Waals surface area contributed by atoms with Crippen LogP contribution in [-0.2, 0) is 0 Å². The molecule has 0 N–H and O–H groups in total. The number of hydrogen-bond acceptors (Lipinski definition) is 4. The third-order valence-electron chi connectivity index (χ3n) is 9.28. The lowest BCUT2D eigenvalue weighted by Gasteiger charge is -2.38. The van der Waals surface area contributed by atoms with Crippen LogP contribution in [0.15, 0.2) is 66.7 Å². The number of methoxy groups -OCH3 is 1. The van der Waals surface area contributed by atoms with Gasteiger partial charge in [-0.05, 0) is 77.7 Å². The number of rotatable bonds is 7. The molecule has 216 valence electrons. The monoisotopic (exact) mass is 576 g/mol. The molecule has 2 unspecified atom stereocenters. The summed E-state index contributed by atoms with van der Waals surface area (Å²) >= 11 is 0. The van der Waals surface area contributed by atoms with Crippen molar-refractivity contribution >= 4 is 16.6 Å². The van der Waals surface area contributed by atoms with Crippen LogP contribution in [0.5, 0.6) is 23.0 Å². The first-order chi connectivity index (χ1) is 18.5. The maximum atomic E-state index is 6.62. The van der Waals surface area contributed by atoms with E-state index in [1.807, 2.05) is 12.1 Å². The van der Waals surface area contributed by atoms with E-state index in [-0.39, 0.29) is 21.9 Å². The van der Waals surface area contributed by atoms with Crippen LogP contribution in [0.1, 0.15) is 70.1 Å². The van der Waals surface area contributed by atoms with Gasteiger partial charge < -0.3 is 18.3 Å². The molecule has 0 radical (unpaired) electrons. The molecule has 4 rings (SSSR count). The van der Waals surface area contributed by atoms with Crippen molar-refractivity contribution in [1.29, 1.82) is 0 Å².